The minimum Gasteiger partial charge on any atom is -0.388 e. The molecule has 0 aromatic heterocycles. The molecule has 0 heterocycles. The van der Waals surface area contributed by atoms with Crippen molar-refractivity contribution in [1.82, 2.24) is 0 Å². The van der Waals surface area contributed by atoms with Crippen molar-refractivity contribution < 1.29 is 19.1 Å². The number of hydrogen-bond acceptors (Lipinski definition) is 8. The minimum atomic E-state index is -0.929. The Morgan fingerprint density at radius 2 is 0.811 bits per heavy atom. The van der Waals surface area contributed by atoms with Gasteiger partial charge in [0.25, 0.3) is 6.26 Å². The number of carbonyl (C=O) groups excluding carboxylic acids is 3. The summed E-state index contributed by atoms with van der Waals surface area (Å²) < 4.78 is 4.98. The predicted molar refractivity (Wildman–Crippen MR) is 134 cm³/mol. The monoisotopic (exact) mass is 484 g/mol. The van der Waals surface area contributed by atoms with Gasteiger partial charge < -0.3 is 4.74 Å². The van der Waals surface area contributed by atoms with E-state index < -0.39 is 5.41 Å². The molecule has 0 saturated heterocycles. The predicted octanol–water partition coefficient (Wildman–Crippen LogP) is 5.83. The van der Waals surface area contributed by atoms with E-state index in [-0.39, 0.29) is 0 Å². The first kappa shape index (κ1) is 24.4. The van der Waals surface area contributed by atoms with Crippen molar-refractivity contribution in [3.05, 3.63) is 119 Å². The summed E-state index contributed by atoms with van der Waals surface area (Å²) in [6.07, 6.45) is 6.29. The van der Waals surface area contributed by atoms with Crippen molar-refractivity contribution in [2.24, 2.45) is 15.0 Å². The van der Waals surface area contributed by atoms with Crippen LogP contribution < -0.4 is 4.74 Å². The highest BCUT2D eigenvalue weighted by molar-refractivity contribution is 5.64. The van der Waals surface area contributed by atoms with Crippen molar-refractivity contribution >= 4 is 35.3 Å². The molecular weight excluding hydrogens is 468 g/mol. The van der Waals surface area contributed by atoms with Gasteiger partial charge in [0.2, 0.25) is 18.2 Å². The highest BCUT2D eigenvalue weighted by Crippen LogP contribution is 2.46. The summed E-state index contributed by atoms with van der Waals surface area (Å²) in [6, 6.07) is 28.4. The van der Waals surface area contributed by atoms with Gasteiger partial charge in [-0.3, -0.25) is 0 Å². The summed E-state index contributed by atoms with van der Waals surface area (Å²) in [6.45, 7) is 0. The molecule has 0 aliphatic rings. The molecule has 8 heteroatoms. The molecule has 0 saturated carbocycles. The maximum atomic E-state index is 10.8. The molecule has 8 nitrogen and oxygen atoms in total. The standard InChI is InChI=1S/C29H16N4O4/c30-17-37-28-15-7-24(8-16-28)29(21-1-9-25(10-2-21)31-18-34,22-3-11-26(12-4-22)32-19-35)23-5-13-27(14-6-23)33-20-36/h1-16H. The summed E-state index contributed by atoms with van der Waals surface area (Å²) >= 11 is 0. The molecule has 0 radical (unpaired) electrons. The van der Waals surface area contributed by atoms with E-state index in [9.17, 15) is 14.4 Å². The van der Waals surface area contributed by atoms with Crippen LogP contribution in [0.2, 0.25) is 0 Å². The van der Waals surface area contributed by atoms with E-state index in [1.807, 2.05) is 48.5 Å². The first-order valence-electron chi connectivity index (χ1n) is 10.9. The number of nitrogens with zero attached hydrogens (tertiary/aromatic N) is 4. The van der Waals surface area contributed by atoms with Gasteiger partial charge in [0.1, 0.15) is 5.75 Å². The molecule has 0 unspecified atom stereocenters. The van der Waals surface area contributed by atoms with Gasteiger partial charge in [0.05, 0.1) is 22.5 Å². The van der Waals surface area contributed by atoms with Crippen molar-refractivity contribution in [2.45, 2.75) is 5.41 Å². The Bertz CT molecular complexity index is 1440. The lowest BCUT2D eigenvalue weighted by Crippen LogP contribution is -2.30. The highest BCUT2D eigenvalue weighted by Gasteiger charge is 2.38. The van der Waals surface area contributed by atoms with E-state index in [0.717, 1.165) is 22.3 Å². The number of ether oxygens (including phenoxy) is 1. The Morgan fingerprint density at radius 1 is 0.514 bits per heavy atom. The van der Waals surface area contributed by atoms with Gasteiger partial charge >= 0.3 is 0 Å². The van der Waals surface area contributed by atoms with Gasteiger partial charge in [0.15, 0.2) is 0 Å². The normalized spacial score (nSPS) is 11.4. The molecule has 4 aromatic carbocycles. The van der Waals surface area contributed by atoms with E-state index in [1.165, 1.54) is 0 Å². The maximum Gasteiger partial charge on any atom is 0.292 e. The molecule has 4 aromatic rings. The fourth-order valence-electron chi connectivity index (χ4n) is 4.34. The van der Waals surface area contributed by atoms with E-state index in [4.69, 9.17) is 10.00 Å². The molecule has 0 amide bonds. The smallest absolute Gasteiger partial charge is 0.292 e. The largest absolute Gasteiger partial charge is 0.388 e. The maximum absolute atomic E-state index is 10.8. The van der Waals surface area contributed by atoms with E-state index in [0.29, 0.717) is 22.8 Å². The average Bonchev–Trinajstić information content (AvgIpc) is 2.93. The molecule has 176 valence electrons. The lowest BCUT2D eigenvalue weighted by molar-refractivity contribution is 0.506. The van der Waals surface area contributed by atoms with Crippen LogP contribution in [0.4, 0.5) is 17.1 Å². The second-order valence-corrected chi connectivity index (χ2v) is 7.72. The molecule has 0 aliphatic heterocycles. The van der Waals surface area contributed by atoms with Crippen LogP contribution in [-0.4, -0.2) is 18.2 Å². The topological polar surface area (TPSA) is 121 Å². The summed E-state index contributed by atoms with van der Waals surface area (Å²) in [5.41, 5.74) is 3.69. The molecule has 0 bridgehead atoms. The highest BCUT2D eigenvalue weighted by atomic mass is 16.5. The van der Waals surface area contributed by atoms with Gasteiger partial charge in [0, 0.05) is 0 Å². The molecular formula is C29H16N4O4. The lowest BCUT2D eigenvalue weighted by Gasteiger charge is -2.37. The SMILES string of the molecule is N#COc1ccc(C(c2ccc(N=C=O)cc2)(c2ccc(N=C=O)cc2)c2ccc(N=C=O)cc2)cc1. The number of benzene rings is 4. The van der Waals surface area contributed by atoms with Crippen LogP contribution in [0, 0.1) is 11.5 Å². The molecule has 0 fully saturated rings. The molecule has 0 spiro atoms. The summed E-state index contributed by atoms with van der Waals surface area (Å²) in [5, 5.41) is 8.91. The van der Waals surface area contributed by atoms with Crippen molar-refractivity contribution in [3.8, 4) is 12.0 Å². The van der Waals surface area contributed by atoms with Crippen LogP contribution in [0.15, 0.2) is 112 Å². The van der Waals surface area contributed by atoms with Gasteiger partial charge in [-0.05, 0) is 70.8 Å². The van der Waals surface area contributed by atoms with E-state index in [1.54, 1.807) is 73.0 Å². The Morgan fingerprint density at radius 3 is 1.08 bits per heavy atom. The molecule has 0 aliphatic carbocycles. The zero-order valence-electron chi connectivity index (χ0n) is 19.2. The van der Waals surface area contributed by atoms with Crippen molar-refractivity contribution in [1.29, 1.82) is 5.26 Å². The minimum absolute atomic E-state index is 0.377. The fourth-order valence-corrected chi connectivity index (χ4v) is 4.34. The van der Waals surface area contributed by atoms with Gasteiger partial charge in [-0.2, -0.15) is 15.0 Å². The first-order valence-corrected chi connectivity index (χ1v) is 10.9. The second-order valence-electron chi connectivity index (χ2n) is 7.72. The lowest BCUT2D eigenvalue weighted by atomic mass is 9.65. The van der Waals surface area contributed by atoms with Crippen LogP contribution in [0.25, 0.3) is 0 Å². The Labute approximate surface area is 211 Å². The second kappa shape index (κ2) is 11.2. The summed E-state index contributed by atoms with van der Waals surface area (Å²) in [7, 11) is 0. The number of nitriles is 1. The van der Waals surface area contributed by atoms with Gasteiger partial charge in [-0.1, -0.05) is 48.5 Å². The van der Waals surface area contributed by atoms with Crippen LogP contribution in [0.5, 0.6) is 5.75 Å². The quantitative estimate of drug-likeness (QED) is 0.135. The first-order chi connectivity index (χ1) is 18.1. The van der Waals surface area contributed by atoms with Crippen LogP contribution >= 0.6 is 0 Å². The Balaban J connectivity index is 2.07. The van der Waals surface area contributed by atoms with E-state index >= 15 is 0 Å². The summed E-state index contributed by atoms with van der Waals surface area (Å²) in [5.74, 6) is 0.377. The zero-order valence-corrected chi connectivity index (χ0v) is 19.2. The molecule has 37 heavy (non-hydrogen) atoms. The van der Waals surface area contributed by atoms with E-state index in [2.05, 4.69) is 15.0 Å². The third-order valence-corrected chi connectivity index (χ3v) is 5.88. The summed E-state index contributed by atoms with van der Waals surface area (Å²) in [4.78, 5) is 43.4. The molecule has 0 atom stereocenters. The van der Waals surface area contributed by atoms with Gasteiger partial charge in [-0.15, -0.1) is 5.26 Å². The molecule has 0 N–H and O–H groups in total. The van der Waals surface area contributed by atoms with Gasteiger partial charge in [-0.25, -0.2) is 14.4 Å². The van der Waals surface area contributed by atoms with Crippen LogP contribution in [0.1, 0.15) is 22.3 Å². The number of aliphatic imine (C=N–C) groups is 3. The number of rotatable bonds is 8. The zero-order chi connectivity index (χ0) is 26.1. The third kappa shape index (κ3) is 4.91. The van der Waals surface area contributed by atoms with Crippen LogP contribution in [0.3, 0.4) is 0 Å². The van der Waals surface area contributed by atoms with Crippen molar-refractivity contribution in [2.75, 3.05) is 0 Å². The number of isocyanates is 3. The fraction of sp³-hybridized carbons (Fsp3) is 0.0345. The van der Waals surface area contributed by atoms with Crippen molar-refractivity contribution in [3.63, 3.8) is 0 Å². The number of hydrogen-bond donors (Lipinski definition) is 0. The van der Waals surface area contributed by atoms with Crippen LogP contribution in [-0.2, 0) is 19.8 Å². The Hall–Kier alpha value is -5.69. The Kier molecular flexibility index (Phi) is 7.37. The average molecular weight is 484 g/mol. The molecule has 4 rings (SSSR count). The third-order valence-electron chi connectivity index (χ3n) is 5.88.